The van der Waals surface area contributed by atoms with E-state index in [9.17, 15) is 15.0 Å². The highest BCUT2D eigenvalue weighted by Crippen LogP contribution is 2.32. The molecule has 0 atom stereocenters. The Balaban J connectivity index is 0.000000194. The van der Waals surface area contributed by atoms with Crippen LogP contribution in [-0.2, 0) is 14.3 Å². The van der Waals surface area contributed by atoms with Crippen molar-refractivity contribution in [2.45, 2.75) is 103 Å². The summed E-state index contributed by atoms with van der Waals surface area (Å²) in [4.78, 5) is 11.4. The Bertz CT molecular complexity index is 457. The second-order valence-electron chi connectivity index (χ2n) is 8.45. The van der Waals surface area contributed by atoms with Crippen molar-refractivity contribution in [1.29, 1.82) is 0 Å². The summed E-state index contributed by atoms with van der Waals surface area (Å²) in [5, 5.41) is 18.7. The minimum Gasteiger partial charge on any atom is -0.498 e. The van der Waals surface area contributed by atoms with Crippen LogP contribution in [-0.4, -0.2) is 41.1 Å². The van der Waals surface area contributed by atoms with E-state index in [1.54, 1.807) is 0 Å². The van der Waals surface area contributed by atoms with Gasteiger partial charge in [0.25, 0.3) is 0 Å². The molecule has 3 rings (SSSR count). The van der Waals surface area contributed by atoms with E-state index in [4.69, 9.17) is 9.47 Å². The molecule has 0 amide bonds. The summed E-state index contributed by atoms with van der Waals surface area (Å²) in [5.74, 6) is 1.73. The summed E-state index contributed by atoms with van der Waals surface area (Å²) in [6.45, 7) is 4.61. The maximum Gasteiger partial charge on any atom is 0.309 e. The third-order valence-electron chi connectivity index (χ3n) is 5.69. The standard InChI is InChI=1S/C12H20O2.C10H18O3/c13-11-7-5-10(6-8-11)12-4-2-1-3-9-14-12;1-7(2)13-10(12)8-3-5-9(11)6-4-8/h4,10-11,13H,1-3,5-9H2;7-9,11H,3-6H2,1-2H3. The first kappa shape index (κ1) is 22.2. The van der Waals surface area contributed by atoms with Crippen LogP contribution < -0.4 is 0 Å². The maximum atomic E-state index is 11.4. The number of carbonyl (C=O) groups excluding carboxylic acids is 1. The highest BCUT2D eigenvalue weighted by Gasteiger charge is 2.26. The quantitative estimate of drug-likeness (QED) is 0.719. The summed E-state index contributed by atoms with van der Waals surface area (Å²) in [7, 11) is 0. The second kappa shape index (κ2) is 11.7. The fraction of sp³-hybridized carbons (Fsp3) is 0.864. The lowest BCUT2D eigenvalue weighted by Crippen LogP contribution is -2.27. The van der Waals surface area contributed by atoms with Crippen molar-refractivity contribution >= 4 is 5.97 Å². The summed E-state index contributed by atoms with van der Waals surface area (Å²) < 4.78 is 10.9. The molecule has 0 unspecified atom stereocenters. The number of hydrogen-bond acceptors (Lipinski definition) is 5. The number of aliphatic hydroxyl groups excluding tert-OH is 2. The van der Waals surface area contributed by atoms with Crippen molar-refractivity contribution in [3.63, 3.8) is 0 Å². The van der Waals surface area contributed by atoms with Gasteiger partial charge in [-0.25, -0.2) is 0 Å². The zero-order valence-electron chi connectivity index (χ0n) is 17.1. The fourth-order valence-corrected chi connectivity index (χ4v) is 4.02. The molecule has 156 valence electrons. The number of allylic oxidation sites excluding steroid dienone is 2. The lowest BCUT2D eigenvalue weighted by Gasteiger charge is -2.27. The topological polar surface area (TPSA) is 76.0 Å². The molecule has 5 nitrogen and oxygen atoms in total. The number of carbonyl (C=O) groups is 1. The van der Waals surface area contributed by atoms with Crippen LogP contribution in [0.2, 0.25) is 0 Å². The second-order valence-corrected chi connectivity index (χ2v) is 8.45. The van der Waals surface area contributed by atoms with Gasteiger partial charge in [-0.2, -0.15) is 0 Å². The molecule has 0 saturated heterocycles. The molecule has 1 heterocycles. The molecule has 3 aliphatic rings. The average Bonchev–Trinajstić information content (AvgIpc) is 2.92. The Hall–Kier alpha value is -1.07. The minimum atomic E-state index is -0.205. The van der Waals surface area contributed by atoms with E-state index >= 15 is 0 Å². The molecule has 2 fully saturated rings. The van der Waals surface area contributed by atoms with Gasteiger partial charge in [0.15, 0.2) is 0 Å². The first-order chi connectivity index (χ1) is 13.0. The number of rotatable bonds is 3. The molecule has 2 N–H and O–H groups in total. The SMILES string of the molecule is CC(C)OC(=O)C1CCC(O)CC1.OC1CCC(C2=CCCCCO2)CC1. The average molecular weight is 383 g/mol. The van der Waals surface area contributed by atoms with Crippen LogP contribution in [0.5, 0.6) is 0 Å². The van der Waals surface area contributed by atoms with E-state index in [0.717, 1.165) is 58.0 Å². The molecule has 5 heteroatoms. The van der Waals surface area contributed by atoms with Crippen LogP contribution in [0.1, 0.15) is 84.5 Å². The third kappa shape index (κ3) is 8.22. The Labute approximate surface area is 164 Å². The van der Waals surface area contributed by atoms with Gasteiger partial charge >= 0.3 is 5.97 Å². The van der Waals surface area contributed by atoms with E-state index in [-0.39, 0.29) is 30.2 Å². The van der Waals surface area contributed by atoms with Crippen LogP contribution in [0.25, 0.3) is 0 Å². The van der Waals surface area contributed by atoms with Gasteiger partial charge in [-0.3, -0.25) is 4.79 Å². The van der Waals surface area contributed by atoms with Gasteiger partial charge < -0.3 is 19.7 Å². The number of hydrogen-bond donors (Lipinski definition) is 2. The molecule has 0 spiro atoms. The van der Waals surface area contributed by atoms with Crippen molar-refractivity contribution in [3.8, 4) is 0 Å². The van der Waals surface area contributed by atoms with Gasteiger partial charge in [0.2, 0.25) is 0 Å². The monoisotopic (exact) mass is 382 g/mol. The molecule has 0 aromatic rings. The van der Waals surface area contributed by atoms with Crippen LogP contribution in [0.15, 0.2) is 11.8 Å². The Morgan fingerprint density at radius 1 is 1.00 bits per heavy atom. The van der Waals surface area contributed by atoms with Gasteiger partial charge in [-0.05, 0) is 90.6 Å². The summed E-state index contributed by atoms with van der Waals surface area (Å²) in [6, 6.07) is 0. The normalized spacial score (nSPS) is 31.7. The fourth-order valence-electron chi connectivity index (χ4n) is 4.02. The number of esters is 1. The lowest BCUT2D eigenvalue weighted by atomic mass is 9.86. The van der Waals surface area contributed by atoms with Gasteiger partial charge in [0.1, 0.15) is 0 Å². The summed E-state index contributed by atoms with van der Waals surface area (Å²) in [5.41, 5.74) is 0. The van der Waals surface area contributed by atoms with Crippen LogP contribution in [0, 0.1) is 11.8 Å². The molecule has 0 bridgehead atoms. The van der Waals surface area contributed by atoms with E-state index in [1.165, 1.54) is 25.0 Å². The lowest BCUT2D eigenvalue weighted by molar-refractivity contribution is -0.154. The summed E-state index contributed by atoms with van der Waals surface area (Å²) in [6.07, 6.45) is 12.7. The van der Waals surface area contributed by atoms with Crippen molar-refractivity contribution in [2.75, 3.05) is 6.61 Å². The predicted octanol–water partition coefficient (Wildman–Crippen LogP) is 4.11. The molecular weight excluding hydrogens is 344 g/mol. The van der Waals surface area contributed by atoms with Crippen molar-refractivity contribution in [1.82, 2.24) is 0 Å². The molecule has 27 heavy (non-hydrogen) atoms. The van der Waals surface area contributed by atoms with Crippen LogP contribution >= 0.6 is 0 Å². The van der Waals surface area contributed by atoms with Crippen molar-refractivity contribution in [3.05, 3.63) is 11.8 Å². The van der Waals surface area contributed by atoms with E-state index in [1.807, 2.05) is 13.8 Å². The van der Waals surface area contributed by atoms with Crippen molar-refractivity contribution < 1.29 is 24.5 Å². The van der Waals surface area contributed by atoms with Crippen LogP contribution in [0.4, 0.5) is 0 Å². The molecule has 2 saturated carbocycles. The van der Waals surface area contributed by atoms with Crippen LogP contribution in [0.3, 0.4) is 0 Å². The zero-order chi connectivity index (χ0) is 19.6. The molecule has 2 aliphatic carbocycles. The van der Waals surface area contributed by atoms with E-state index < -0.39 is 0 Å². The highest BCUT2D eigenvalue weighted by molar-refractivity contribution is 5.72. The van der Waals surface area contributed by atoms with E-state index in [0.29, 0.717) is 5.92 Å². The van der Waals surface area contributed by atoms with Gasteiger partial charge in [0, 0.05) is 5.92 Å². The highest BCUT2D eigenvalue weighted by atomic mass is 16.5. The molecule has 0 aromatic carbocycles. The number of ether oxygens (including phenoxy) is 2. The van der Waals surface area contributed by atoms with Gasteiger partial charge in [0.05, 0.1) is 36.6 Å². The Kier molecular flexibility index (Phi) is 9.63. The van der Waals surface area contributed by atoms with Gasteiger partial charge in [-0.1, -0.05) is 0 Å². The first-order valence-corrected chi connectivity index (χ1v) is 10.8. The van der Waals surface area contributed by atoms with Gasteiger partial charge in [-0.15, -0.1) is 0 Å². The summed E-state index contributed by atoms with van der Waals surface area (Å²) >= 11 is 0. The Morgan fingerprint density at radius 3 is 2.19 bits per heavy atom. The number of aliphatic hydroxyl groups is 2. The zero-order valence-corrected chi connectivity index (χ0v) is 17.1. The van der Waals surface area contributed by atoms with Crippen molar-refractivity contribution in [2.24, 2.45) is 11.8 Å². The van der Waals surface area contributed by atoms with E-state index in [2.05, 4.69) is 6.08 Å². The molecule has 0 radical (unpaired) electrons. The minimum absolute atomic E-state index is 0.0193. The third-order valence-corrected chi connectivity index (χ3v) is 5.69. The largest absolute Gasteiger partial charge is 0.498 e. The Morgan fingerprint density at radius 2 is 1.59 bits per heavy atom. The molecule has 1 aliphatic heterocycles. The molecular formula is C22H38O5. The smallest absolute Gasteiger partial charge is 0.309 e. The maximum absolute atomic E-state index is 11.4. The predicted molar refractivity (Wildman–Crippen MR) is 105 cm³/mol. The molecule has 0 aromatic heterocycles. The first-order valence-electron chi connectivity index (χ1n) is 10.8.